The van der Waals surface area contributed by atoms with Gasteiger partial charge in [-0.1, -0.05) is 30.3 Å². The molecule has 5 rings (SSSR count). The zero-order valence-electron chi connectivity index (χ0n) is 16.6. The lowest BCUT2D eigenvalue weighted by Gasteiger charge is -2.55. The van der Waals surface area contributed by atoms with Gasteiger partial charge < -0.3 is 4.90 Å². The fraction of sp³-hybridized carbons (Fsp3) is 0.500. The van der Waals surface area contributed by atoms with E-state index in [9.17, 15) is 4.79 Å². The van der Waals surface area contributed by atoms with Gasteiger partial charge in [0, 0.05) is 44.1 Å². The van der Waals surface area contributed by atoms with Gasteiger partial charge in [0.2, 0.25) is 0 Å². The van der Waals surface area contributed by atoms with Crippen molar-refractivity contribution >= 4 is 5.91 Å². The fourth-order valence-electron chi connectivity index (χ4n) is 5.86. The van der Waals surface area contributed by atoms with Crippen LogP contribution in [0.4, 0.5) is 0 Å². The molecule has 2 bridgehead atoms. The second-order valence-electron chi connectivity index (χ2n) is 8.94. The number of hydrogen-bond acceptors (Lipinski definition) is 3. The molecule has 0 saturated carbocycles. The minimum atomic E-state index is 0.162. The van der Waals surface area contributed by atoms with E-state index < -0.39 is 0 Å². The molecular formula is C24H29N3O. The molecule has 0 N–H and O–H groups in total. The summed E-state index contributed by atoms with van der Waals surface area (Å²) in [6.45, 7) is 4.90. The van der Waals surface area contributed by atoms with Crippen LogP contribution < -0.4 is 0 Å². The first-order valence-corrected chi connectivity index (χ1v) is 10.7. The molecule has 1 aromatic heterocycles. The number of likely N-dealkylation sites (tertiary alicyclic amines) is 1. The van der Waals surface area contributed by atoms with Crippen molar-refractivity contribution in [1.82, 2.24) is 14.8 Å². The number of carbonyl (C=O) groups excluding carboxylic acids is 1. The molecule has 1 aromatic carbocycles. The van der Waals surface area contributed by atoms with E-state index in [4.69, 9.17) is 0 Å². The van der Waals surface area contributed by atoms with Gasteiger partial charge in [-0.3, -0.25) is 14.7 Å². The first-order chi connectivity index (χ1) is 13.7. The number of carbonyl (C=O) groups is 1. The largest absolute Gasteiger partial charge is 0.338 e. The number of nitrogens with zero attached hydrogens (tertiary/aromatic N) is 3. The van der Waals surface area contributed by atoms with Crippen LogP contribution in [-0.2, 0) is 0 Å². The molecule has 2 aromatic rings. The molecule has 0 spiro atoms. The topological polar surface area (TPSA) is 36.4 Å². The maximum Gasteiger partial charge on any atom is 0.255 e. The van der Waals surface area contributed by atoms with Crippen LogP contribution in [-0.4, -0.2) is 46.4 Å². The van der Waals surface area contributed by atoms with Crippen LogP contribution in [0.2, 0.25) is 0 Å². The lowest BCUT2D eigenvalue weighted by atomic mass is 9.74. The number of fused-ring (bicyclic) bond motifs is 4. The van der Waals surface area contributed by atoms with Gasteiger partial charge >= 0.3 is 0 Å². The van der Waals surface area contributed by atoms with Gasteiger partial charge in [0.15, 0.2) is 0 Å². The van der Waals surface area contributed by atoms with Crippen molar-refractivity contribution in [3.05, 3.63) is 65.5 Å². The van der Waals surface area contributed by atoms with E-state index in [0.717, 1.165) is 30.8 Å². The van der Waals surface area contributed by atoms with Gasteiger partial charge in [-0.25, -0.2) is 0 Å². The Kier molecular flexibility index (Phi) is 4.67. The van der Waals surface area contributed by atoms with Crippen LogP contribution >= 0.6 is 0 Å². The summed E-state index contributed by atoms with van der Waals surface area (Å²) in [4.78, 5) is 22.2. The van der Waals surface area contributed by atoms with E-state index in [-0.39, 0.29) is 5.91 Å². The molecule has 3 aliphatic rings. The van der Waals surface area contributed by atoms with Crippen molar-refractivity contribution in [2.75, 3.05) is 19.6 Å². The van der Waals surface area contributed by atoms with E-state index in [1.807, 2.05) is 19.2 Å². The maximum atomic E-state index is 13.1. The van der Waals surface area contributed by atoms with E-state index in [2.05, 4.69) is 45.1 Å². The lowest BCUT2D eigenvalue weighted by molar-refractivity contribution is -0.0511. The number of piperidine rings is 3. The van der Waals surface area contributed by atoms with Crippen molar-refractivity contribution < 1.29 is 4.79 Å². The number of benzene rings is 1. The highest BCUT2D eigenvalue weighted by molar-refractivity contribution is 5.94. The number of hydrogen-bond donors (Lipinski definition) is 0. The molecule has 1 amide bonds. The van der Waals surface area contributed by atoms with Gasteiger partial charge in [-0.15, -0.1) is 0 Å². The van der Waals surface area contributed by atoms with E-state index in [0.29, 0.717) is 23.9 Å². The normalized spacial score (nSPS) is 30.0. The predicted molar refractivity (Wildman–Crippen MR) is 110 cm³/mol. The third-order valence-corrected chi connectivity index (χ3v) is 6.98. The molecule has 3 fully saturated rings. The Morgan fingerprint density at radius 2 is 1.93 bits per heavy atom. The van der Waals surface area contributed by atoms with Crippen molar-refractivity contribution in [3.63, 3.8) is 0 Å². The molecule has 0 aliphatic carbocycles. The van der Waals surface area contributed by atoms with Gasteiger partial charge in [0.05, 0.1) is 5.56 Å². The standard InChI is InChI=1S/C24H29N3O/c1-17-10-20(13-25-12-17)24(28)26-14-18-11-21(16-26)23-9-5-8-22(27(23)15-18)19-6-3-2-4-7-19/h2-4,6-7,10,12-13,18,21-23H,5,8-9,11,14-16H2,1H3/t18-,21+,22+,23-/m0/s1. The molecule has 0 radical (unpaired) electrons. The molecule has 4 heterocycles. The minimum Gasteiger partial charge on any atom is -0.338 e. The highest BCUT2D eigenvalue weighted by atomic mass is 16.2. The Labute approximate surface area is 167 Å². The highest BCUT2D eigenvalue weighted by Crippen LogP contribution is 2.44. The first-order valence-electron chi connectivity index (χ1n) is 10.7. The number of pyridine rings is 1. The number of aryl methyl sites for hydroxylation is 1. The van der Waals surface area contributed by atoms with Crippen molar-refractivity contribution in [2.24, 2.45) is 11.8 Å². The van der Waals surface area contributed by atoms with Crippen LogP contribution in [0.1, 0.15) is 53.2 Å². The van der Waals surface area contributed by atoms with Crippen LogP contribution in [0.15, 0.2) is 48.8 Å². The Balaban J connectivity index is 1.36. The Bertz CT molecular complexity index is 852. The molecule has 4 atom stereocenters. The predicted octanol–water partition coefficient (Wildman–Crippen LogP) is 4.08. The van der Waals surface area contributed by atoms with Crippen LogP contribution in [0.5, 0.6) is 0 Å². The first kappa shape index (κ1) is 17.9. The second-order valence-corrected chi connectivity index (χ2v) is 8.94. The van der Waals surface area contributed by atoms with Crippen LogP contribution in [0.3, 0.4) is 0 Å². The smallest absolute Gasteiger partial charge is 0.255 e. The van der Waals surface area contributed by atoms with Gasteiger partial charge in [0.1, 0.15) is 0 Å². The van der Waals surface area contributed by atoms with Gasteiger partial charge in [-0.2, -0.15) is 0 Å². The summed E-state index contributed by atoms with van der Waals surface area (Å²) in [6, 6.07) is 14.2. The SMILES string of the molecule is Cc1cncc(C(=O)N2C[C@@H]3C[C@H](C2)[C@@H]2CCC[C@H](c4ccccc4)N2C3)c1. The third-order valence-electron chi connectivity index (χ3n) is 6.98. The van der Waals surface area contributed by atoms with Crippen molar-refractivity contribution in [3.8, 4) is 0 Å². The molecular weight excluding hydrogens is 346 g/mol. The highest BCUT2D eigenvalue weighted by Gasteiger charge is 2.45. The lowest BCUT2D eigenvalue weighted by Crippen LogP contribution is -2.60. The molecule has 3 aliphatic heterocycles. The number of aromatic nitrogens is 1. The molecule has 28 heavy (non-hydrogen) atoms. The summed E-state index contributed by atoms with van der Waals surface area (Å²) in [5, 5.41) is 0. The summed E-state index contributed by atoms with van der Waals surface area (Å²) >= 11 is 0. The van der Waals surface area contributed by atoms with E-state index >= 15 is 0 Å². The van der Waals surface area contributed by atoms with Crippen LogP contribution in [0, 0.1) is 18.8 Å². The zero-order chi connectivity index (χ0) is 19.1. The second kappa shape index (κ2) is 7.32. The molecule has 0 unspecified atom stereocenters. The van der Waals surface area contributed by atoms with Gasteiger partial charge in [0.25, 0.3) is 5.91 Å². The maximum absolute atomic E-state index is 13.1. The number of amides is 1. The quantitative estimate of drug-likeness (QED) is 0.794. The summed E-state index contributed by atoms with van der Waals surface area (Å²) in [7, 11) is 0. The Morgan fingerprint density at radius 3 is 2.75 bits per heavy atom. The third kappa shape index (κ3) is 3.24. The number of rotatable bonds is 2. The Morgan fingerprint density at radius 1 is 1.07 bits per heavy atom. The average molecular weight is 376 g/mol. The molecule has 4 heteroatoms. The summed E-state index contributed by atoms with van der Waals surface area (Å²) < 4.78 is 0. The van der Waals surface area contributed by atoms with Gasteiger partial charge in [-0.05, 0) is 61.6 Å². The summed E-state index contributed by atoms with van der Waals surface area (Å²) in [6.07, 6.45) is 8.63. The van der Waals surface area contributed by atoms with E-state index in [1.165, 1.54) is 31.2 Å². The minimum absolute atomic E-state index is 0.162. The zero-order valence-corrected chi connectivity index (χ0v) is 16.6. The van der Waals surface area contributed by atoms with Crippen LogP contribution in [0.25, 0.3) is 0 Å². The fourth-order valence-corrected chi connectivity index (χ4v) is 5.86. The van der Waals surface area contributed by atoms with Crippen molar-refractivity contribution in [1.29, 1.82) is 0 Å². The molecule has 3 saturated heterocycles. The van der Waals surface area contributed by atoms with E-state index in [1.54, 1.807) is 6.20 Å². The Hall–Kier alpha value is -2.20. The average Bonchev–Trinajstić information content (AvgIpc) is 2.73. The summed E-state index contributed by atoms with van der Waals surface area (Å²) in [5.41, 5.74) is 3.25. The summed E-state index contributed by atoms with van der Waals surface area (Å²) in [5.74, 6) is 1.34. The molecule has 4 nitrogen and oxygen atoms in total. The van der Waals surface area contributed by atoms with Crippen molar-refractivity contribution in [2.45, 2.75) is 44.7 Å². The molecule has 146 valence electrons. The monoisotopic (exact) mass is 375 g/mol.